The minimum absolute atomic E-state index is 0.00169. The van der Waals surface area contributed by atoms with Crippen LogP contribution in [-0.2, 0) is 4.79 Å². The van der Waals surface area contributed by atoms with Crippen LogP contribution in [0.15, 0.2) is 24.3 Å². The normalized spacial score (nSPS) is 23.9. The van der Waals surface area contributed by atoms with E-state index in [2.05, 4.69) is 15.5 Å². The van der Waals surface area contributed by atoms with E-state index < -0.39 is 0 Å². The van der Waals surface area contributed by atoms with Crippen molar-refractivity contribution >= 4 is 34.0 Å². The Morgan fingerprint density at radius 2 is 2.10 bits per heavy atom. The topological polar surface area (TPSA) is 54.9 Å². The number of carbonyl (C=O) groups excluding carboxylic acids is 1. The van der Waals surface area contributed by atoms with Crippen molar-refractivity contribution in [1.29, 1.82) is 0 Å². The van der Waals surface area contributed by atoms with Gasteiger partial charge >= 0.3 is 0 Å². The van der Waals surface area contributed by atoms with E-state index in [1.807, 2.05) is 24.3 Å². The molecule has 6 heteroatoms. The van der Waals surface area contributed by atoms with Gasteiger partial charge in [0, 0.05) is 16.9 Å². The van der Waals surface area contributed by atoms with Crippen molar-refractivity contribution in [2.45, 2.75) is 31.1 Å². The van der Waals surface area contributed by atoms with Gasteiger partial charge in [-0.2, -0.15) is 0 Å². The number of hydrogen-bond donors (Lipinski definition) is 1. The molecule has 2 aromatic rings. The smallest absolute Gasteiger partial charge is 0.229 e. The highest BCUT2D eigenvalue weighted by molar-refractivity contribution is 7.15. The SMILES string of the molecule is O=C(Nc1nnc(C2CC2)s1)C1CC1c1ccccc1Cl. The molecule has 0 bridgehead atoms. The average Bonchev–Trinajstić information content (AvgIpc) is 3.39. The van der Waals surface area contributed by atoms with Crippen molar-refractivity contribution < 1.29 is 4.79 Å². The summed E-state index contributed by atoms with van der Waals surface area (Å²) in [5, 5.41) is 13.5. The summed E-state index contributed by atoms with van der Waals surface area (Å²) in [6, 6.07) is 7.73. The van der Waals surface area contributed by atoms with Crippen molar-refractivity contribution in [3.05, 3.63) is 39.9 Å². The first kappa shape index (κ1) is 13.2. The molecule has 1 N–H and O–H groups in total. The van der Waals surface area contributed by atoms with Gasteiger partial charge in [0.15, 0.2) is 0 Å². The molecule has 2 fully saturated rings. The highest BCUT2D eigenvalue weighted by Crippen LogP contribution is 2.50. The quantitative estimate of drug-likeness (QED) is 0.932. The standard InChI is InChI=1S/C15H14ClN3OS/c16-12-4-2-1-3-9(12)10-7-11(10)13(20)17-15-19-18-14(21-15)8-5-6-8/h1-4,8,10-11H,5-7H2,(H,17,19,20). The van der Waals surface area contributed by atoms with Crippen LogP contribution in [0.3, 0.4) is 0 Å². The maximum Gasteiger partial charge on any atom is 0.229 e. The predicted octanol–water partition coefficient (Wildman–Crippen LogP) is 3.81. The van der Waals surface area contributed by atoms with Crippen molar-refractivity contribution in [2.24, 2.45) is 5.92 Å². The minimum Gasteiger partial charge on any atom is -0.300 e. The maximum atomic E-state index is 12.2. The fraction of sp³-hybridized carbons (Fsp3) is 0.400. The molecule has 4 nitrogen and oxygen atoms in total. The Morgan fingerprint density at radius 3 is 2.86 bits per heavy atom. The van der Waals surface area contributed by atoms with Crippen molar-refractivity contribution in [1.82, 2.24) is 10.2 Å². The molecule has 108 valence electrons. The van der Waals surface area contributed by atoms with Crippen molar-refractivity contribution in [2.75, 3.05) is 5.32 Å². The zero-order chi connectivity index (χ0) is 14.4. The molecule has 2 aliphatic carbocycles. The summed E-state index contributed by atoms with van der Waals surface area (Å²) in [6.07, 6.45) is 3.24. The van der Waals surface area contributed by atoms with Gasteiger partial charge in [-0.25, -0.2) is 0 Å². The van der Waals surface area contributed by atoms with Gasteiger partial charge in [0.2, 0.25) is 11.0 Å². The number of nitrogens with one attached hydrogen (secondary N) is 1. The molecule has 0 radical (unpaired) electrons. The highest BCUT2D eigenvalue weighted by atomic mass is 35.5. The molecule has 2 unspecified atom stereocenters. The summed E-state index contributed by atoms with van der Waals surface area (Å²) < 4.78 is 0. The lowest BCUT2D eigenvalue weighted by Crippen LogP contribution is -2.14. The Kier molecular flexibility index (Phi) is 3.19. The summed E-state index contributed by atoms with van der Waals surface area (Å²) in [5.41, 5.74) is 1.07. The molecule has 0 spiro atoms. The Balaban J connectivity index is 1.41. The van der Waals surface area contributed by atoms with Crippen LogP contribution in [0.5, 0.6) is 0 Å². The highest BCUT2D eigenvalue weighted by Gasteiger charge is 2.45. The predicted molar refractivity (Wildman–Crippen MR) is 82.8 cm³/mol. The first-order valence-corrected chi connectivity index (χ1v) is 8.30. The van der Waals surface area contributed by atoms with Crippen LogP contribution in [-0.4, -0.2) is 16.1 Å². The third-order valence-corrected chi connectivity index (χ3v) is 5.37. The molecule has 2 saturated carbocycles. The lowest BCUT2D eigenvalue weighted by molar-refractivity contribution is -0.117. The van der Waals surface area contributed by atoms with E-state index in [-0.39, 0.29) is 17.7 Å². The molecule has 0 aliphatic heterocycles. The molecule has 2 aliphatic rings. The summed E-state index contributed by atoms with van der Waals surface area (Å²) in [6.45, 7) is 0. The van der Waals surface area contributed by atoms with E-state index in [1.54, 1.807) is 0 Å². The molecule has 1 amide bonds. The minimum atomic E-state index is -0.00169. The zero-order valence-corrected chi connectivity index (χ0v) is 12.8. The third kappa shape index (κ3) is 2.68. The van der Waals surface area contributed by atoms with Crippen LogP contribution in [0.4, 0.5) is 5.13 Å². The Bertz CT molecular complexity index is 698. The molecular weight excluding hydrogens is 306 g/mol. The fourth-order valence-corrected chi connectivity index (χ4v) is 3.77. The van der Waals surface area contributed by atoms with Crippen molar-refractivity contribution in [3.8, 4) is 0 Å². The largest absolute Gasteiger partial charge is 0.300 e. The summed E-state index contributed by atoms with van der Waals surface area (Å²) >= 11 is 7.68. The zero-order valence-electron chi connectivity index (χ0n) is 11.3. The van der Waals surface area contributed by atoms with E-state index in [4.69, 9.17) is 11.6 Å². The van der Waals surface area contributed by atoms with E-state index >= 15 is 0 Å². The second-order valence-electron chi connectivity index (χ2n) is 5.68. The lowest BCUT2D eigenvalue weighted by Gasteiger charge is -2.03. The molecule has 0 saturated heterocycles. The van der Waals surface area contributed by atoms with Gasteiger partial charge in [-0.05, 0) is 36.8 Å². The number of halogens is 1. The van der Waals surface area contributed by atoms with Gasteiger partial charge in [0.1, 0.15) is 5.01 Å². The molecule has 1 heterocycles. The number of hydrogen-bond acceptors (Lipinski definition) is 4. The van der Waals surface area contributed by atoms with E-state index in [0.29, 0.717) is 11.0 Å². The molecular formula is C15H14ClN3OS. The fourth-order valence-electron chi connectivity index (χ4n) is 2.58. The molecule has 4 rings (SSSR count). The number of anilines is 1. The second-order valence-corrected chi connectivity index (χ2v) is 7.10. The number of nitrogens with zero attached hydrogens (tertiary/aromatic N) is 2. The number of carbonyl (C=O) groups is 1. The van der Waals surface area contributed by atoms with Crippen LogP contribution in [0.2, 0.25) is 5.02 Å². The summed E-state index contributed by atoms with van der Waals surface area (Å²) in [4.78, 5) is 12.2. The van der Waals surface area contributed by atoms with Gasteiger partial charge in [0.05, 0.1) is 0 Å². The third-order valence-electron chi connectivity index (χ3n) is 4.03. The molecule has 21 heavy (non-hydrogen) atoms. The molecule has 1 aromatic carbocycles. The van der Waals surface area contributed by atoms with Crippen molar-refractivity contribution in [3.63, 3.8) is 0 Å². The van der Waals surface area contributed by atoms with Crippen LogP contribution in [0, 0.1) is 5.92 Å². The first-order chi connectivity index (χ1) is 10.2. The lowest BCUT2D eigenvalue weighted by atomic mass is 10.1. The van der Waals surface area contributed by atoms with Crippen LogP contribution < -0.4 is 5.32 Å². The number of rotatable bonds is 4. The molecule has 1 aromatic heterocycles. The van der Waals surface area contributed by atoms with Gasteiger partial charge in [-0.3, -0.25) is 4.79 Å². The van der Waals surface area contributed by atoms with Crippen LogP contribution in [0.25, 0.3) is 0 Å². The van der Waals surface area contributed by atoms with Gasteiger partial charge < -0.3 is 5.32 Å². The second kappa shape index (κ2) is 5.07. The van der Waals surface area contributed by atoms with Gasteiger partial charge in [-0.1, -0.05) is 41.1 Å². The average molecular weight is 320 g/mol. The number of amides is 1. The Labute approximate surface area is 131 Å². The summed E-state index contributed by atoms with van der Waals surface area (Å²) in [5.74, 6) is 0.830. The maximum absolute atomic E-state index is 12.2. The van der Waals surface area contributed by atoms with E-state index in [9.17, 15) is 4.79 Å². The Morgan fingerprint density at radius 1 is 1.29 bits per heavy atom. The first-order valence-electron chi connectivity index (χ1n) is 7.11. The van der Waals surface area contributed by atoms with Crippen LogP contribution >= 0.6 is 22.9 Å². The van der Waals surface area contributed by atoms with Gasteiger partial charge in [0.25, 0.3) is 0 Å². The molecule has 2 atom stereocenters. The summed E-state index contributed by atoms with van der Waals surface area (Å²) in [7, 11) is 0. The van der Waals surface area contributed by atoms with Crippen LogP contribution in [0.1, 0.15) is 41.7 Å². The monoisotopic (exact) mass is 319 g/mol. The van der Waals surface area contributed by atoms with E-state index in [1.165, 1.54) is 24.2 Å². The number of aromatic nitrogens is 2. The van der Waals surface area contributed by atoms with E-state index in [0.717, 1.165) is 22.0 Å². The number of benzene rings is 1. The van der Waals surface area contributed by atoms with Gasteiger partial charge in [-0.15, -0.1) is 10.2 Å². The Hall–Kier alpha value is -1.46.